The first kappa shape index (κ1) is 29.8. The van der Waals surface area contributed by atoms with Crippen LogP contribution in [0.4, 0.5) is 0 Å². The number of fused-ring (bicyclic) bond motifs is 10. The zero-order chi connectivity index (χ0) is 34.5. The molecule has 0 atom stereocenters. The average molecular weight is 657 g/mol. The van der Waals surface area contributed by atoms with Crippen molar-refractivity contribution in [3.63, 3.8) is 0 Å². The van der Waals surface area contributed by atoms with Gasteiger partial charge in [-0.25, -0.2) is 9.97 Å². The summed E-state index contributed by atoms with van der Waals surface area (Å²) < 4.78 is 6.61. The predicted molar refractivity (Wildman–Crippen MR) is 212 cm³/mol. The van der Waals surface area contributed by atoms with E-state index in [1.165, 1.54) is 38.4 Å². The molecule has 0 saturated heterocycles. The summed E-state index contributed by atoms with van der Waals surface area (Å²) in [6, 6.07) is 51.6. The van der Waals surface area contributed by atoms with E-state index in [1.807, 2.05) is 12.1 Å². The van der Waals surface area contributed by atoms with Gasteiger partial charge in [0.1, 0.15) is 11.2 Å². The van der Waals surface area contributed by atoms with Crippen LogP contribution >= 0.6 is 0 Å². The lowest BCUT2D eigenvalue weighted by Gasteiger charge is -2.49. The van der Waals surface area contributed by atoms with Gasteiger partial charge in [0.2, 0.25) is 0 Å². The Morgan fingerprint density at radius 1 is 0.471 bits per heavy atom. The third-order valence-electron chi connectivity index (χ3n) is 11.8. The monoisotopic (exact) mass is 656 g/mol. The molecule has 0 N–H and O–H groups in total. The van der Waals surface area contributed by atoms with Crippen molar-refractivity contribution in [3.05, 3.63) is 157 Å². The fraction of sp³-hybridized carbons (Fsp3) is 0.125. The highest BCUT2D eigenvalue weighted by molar-refractivity contribution is 6.13. The third-order valence-corrected chi connectivity index (χ3v) is 11.8. The third kappa shape index (κ3) is 4.31. The molecule has 51 heavy (non-hydrogen) atoms. The number of rotatable bonds is 3. The molecule has 7 aromatic carbocycles. The predicted octanol–water partition coefficient (Wildman–Crippen LogP) is 12.9. The van der Waals surface area contributed by atoms with E-state index in [-0.39, 0.29) is 10.8 Å². The van der Waals surface area contributed by atoms with Gasteiger partial charge in [0.25, 0.3) is 0 Å². The number of hydrogen-bond donors (Lipinski definition) is 0. The molecule has 0 unspecified atom stereocenters. The lowest BCUT2D eigenvalue weighted by atomic mass is 9.54. The van der Waals surface area contributed by atoms with Gasteiger partial charge in [-0.3, -0.25) is 0 Å². The fourth-order valence-corrected chi connectivity index (χ4v) is 8.47. The molecule has 0 saturated carbocycles. The second-order valence-electron chi connectivity index (χ2n) is 15.0. The van der Waals surface area contributed by atoms with E-state index in [0.29, 0.717) is 0 Å². The SMILES string of the molecule is CC1(C)c2ccc3ccccc3c2-c2ccc3oc4ccc(-c5ccc6nc(-c7ccccc7)c(-c7ccccc7)nc6c5)cc4c3c2C1(C)C. The molecular weight excluding hydrogens is 621 g/mol. The van der Waals surface area contributed by atoms with Crippen molar-refractivity contribution in [2.24, 2.45) is 0 Å². The Morgan fingerprint density at radius 3 is 1.84 bits per heavy atom. The molecule has 0 radical (unpaired) electrons. The summed E-state index contributed by atoms with van der Waals surface area (Å²) >= 11 is 0. The Balaban J connectivity index is 1.19. The molecule has 244 valence electrons. The molecule has 0 amide bonds. The van der Waals surface area contributed by atoms with E-state index < -0.39 is 0 Å². The van der Waals surface area contributed by atoms with E-state index in [9.17, 15) is 0 Å². The summed E-state index contributed by atoms with van der Waals surface area (Å²) in [5.41, 5.74) is 14.8. The Labute approximate surface area is 297 Å². The van der Waals surface area contributed by atoms with Crippen LogP contribution in [0.3, 0.4) is 0 Å². The van der Waals surface area contributed by atoms with Gasteiger partial charge < -0.3 is 4.42 Å². The van der Waals surface area contributed by atoms with Gasteiger partial charge in [0.05, 0.1) is 22.4 Å². The molecule has 0 aliphatic heterocycles. The topological polar surface area (TPSA) is 38.9 Å². The fourth-order valence-electron chi connectivity index (χ4n) is 8.47. The molecule has 0 bridgehead atoms. The Kier molecular flexibility index (Phi) is 6.27. The highest BCUT2D eigenvalue weighted by Gasteiger charge is 2.47. The molecule has 0 fully saturated rings. The summed E-state index contributed by atoms with van der Waals surface area (Å²) in [6.45, 7) is 9.61. The van der Waals surface area contributed by atoms with Gasteiger partial charge in [-0.15, -0.1) is 0 Å². The summed E-state index contributed by atoms with van der Waals surface area (Å²) in [5, 5.41) is 4.92. The molecule has 2 aromatic heterocycles. The van der Waals surface area contributed by atoms with Crippen LogP contribution in [0.2, 0.25) is 0 Å². The molecule has 10 rings (SSSR count). The van der Waals surface area contributed by atoms with Gasteiger partial charge in [0, 0.05) is 27.3 Å². The minimum atomic E-state index is -0.174. The van der Waals surface area contributed by atoms with Crippen molar-refractivity contribution >= 4 is 43.7 Å². The number of furan rings is 1. The first-order valence-corrected chi connectivity index (χ1v) is 17.7. The molecular formula is C48H36N2O. The summed E-state index contributed by atoms with van der Waals surface area (Å²) in [5.74, 6) is 0. The summed E-state index contributed by atoms with van der Waals surface area (Å²) in [7, 11) is 0. The number of aromatic nitrogens is 2. The normalized spacial score (nSPS) is 14.6. The standard InChI is InChI=1S/C48H36N2O/c1-47(2)37-23-19-29-13-11-12-18-34(29)42(37)35-22-26-41-43(44(35)48(47,3)4)36-27-32(21-25-40(36)51-41)33-20-24-38-39(28-33)50-46(31-16-9-6-10-17-31)45(49-38)30-14-7-5-8-15-30/h5-28H,1-4H3. The van der Waals surface area contributed by atoms with Gasteiger partial charge in [-0.1, -0.05) is 143 Å². The van der Waals surface area contributed by atoms with Crippen LogP contribution in [0.15, 0.2) is 150 Å². The second-order valence-corrected chi connectivity index (χ2v) is 15.0. The van der Waals surface area contributed by atoms with Gasteiger partial charge >= 0.3 is 0 Å². The van der Waals surface area contributed by atoms with Crippen molar-refractivity contribution in [1.29, 1.82) is 0 Å². The van der Waals surface area contributed by atoms with Crippen LogP contribution in [0.5, 0.6) is 0 Å². The number of hydrogen-bond acceptors (Lipinski definition) is 3. The van der Waals surface area contributed by atoms with Crippen molar-refractivity contribution in [1.82, 2.24) is 9.97 Å². The van der Waals surface area contributed by atoms with Crippen LogP contribution in [0.25, 0.3) is 88.5 Å². The van der Waals surface area contributed by atoms with E-state index in [1.54, 1.807) is 0 Å². The van der Waals surface area contributed by atoms with Gasteiger partial charge in [0.15, 0.2) is 0 Å². The van der Waals surface area contributed by atoms with Gasteiger partial charge in [-0.05, 0) is 79.9 Å². The molecule has 0 spiro atoms. The lowest BCUT2D eigenvalue weighted by molar-refractivity contribution is 0.302. The van der Waals surface area contributed by atoms with Gasteiger partial charge in [-0.2, -0.15) is 0 Å². The van der Waals surface area contributed by atoms with E-state index >= 15 is 0 Å². The minimum Gasteiger partial charge on any atom is -0.456 e. The molecule has 3 heteroatoms. The molecule has 9 aromatic rings. The van der Waals surface area contributed by atoms with E-state index in [0.717, 1.165) is 61.2 Å². The lowest BCUT2D eigenvalue weighted by Crippen LogP contribution is -2.43. The van der Waals surface area contributed by atoms with Crippen molar-refractivity contribution in [2.45, 2.75) is 38.5 Å². The maximum atomic E-state index is 6.61. The van der Waals surface area contributed by atoms with Crippen LogP contribution in [-0.2, 0) is 10.8 Å². The minimum absolute atomic E-state index is 0.124. The van der Waals surface area contributed by atoms with Crippen molar-refractivity contribution in [2.75, 3.05) is 0 Å². The maximum Gasteiger partial charge on any atom is 0.135 e. The Hall–Kier alpha value is -6.06. The summed E-state index contributed by atoms with van der Waals surface area (Å²) in [4.78, 5) is 10.4. The first-order valence-electron chi connectivity index (χ1n) is 17.7. The van der Waals surface area contributed by atoms with Crippen LogP contribution in [0, 0.1) is 0 Å². The Bertz CT molecular complexity index is 2850. The first-order chi connectivity index (χ1) is 24.8. The molecule has 1 aliphatic rings. The highest BCUT2D eigenvalue weighted by atomic mass is 16.3. The smallest absolute Gasteiger partial charge is 0.135 e. The average Bonchev–Trinajstić information content (AvgIpc) is 3.54. The number of benzene rings is 7. The molecule has 2 heterocycles. The molecule has 1 aliphatic carbocycles. The van der Waals surface area contributed by atoms with Crippen LogP contribution in [-0.4, -0.2) is 9.97 Å². The van der Waals surface area contributed by atoms with Crippen LogP contribution < -0.4 is 0 Å². The zero-order valence-corrected chi connectivity index (χ0v) is 29.2. The second kappa shape index (κ2) is 10.7. The zero-order valence-electron chi connectivity index (χ0n) is 29.2. The highest BCUT2D eigenvalue weighted by Crippen LogP contribution is 2.58. The number of nitrogens with zero attached hydrogens (tertiary/aromatic N) is 2. The summed E-state index contributed by atoms with van der Waals surface area (Å²) in [6.07, 6.45) is 0. The quantitative estimate of drug-likeness (QED) is 0.190. The maximum absolute atomic E-state index is 6.61. The van der Waals surface area contributed by atoms with Crippen molar-refractivity contribution < 1.29 is 4.42 Å². The molecule has 3 nitrogen and oxygen atoms in total. The Morgan fingerprint density at radius 2 is 1.10 bits per heavy atom. The van der Waals surface area contributed by atoms with Crippen molar-refractivity contribution in [3.8, 4) is 44.8 Å². The largest absolute Gasteiger partial charge is 0.456 e. The van der Waals surface area contributed by atoms with E-state index in [4.69, 9.17) is 14.4 Å². The van der Waals surface area contributed by atoms with Crippen LogP contribution in [0.1, 0.15) is 38.8 Å². The van der Waals surface area contributed by atoms with E-state index in [2.05, 4.69) is 161 Å².